The van der Waals surface area contributed by atoms with Gasteiger partial charge in [0.25, 0.3) is 0 Å². The Kier molecular flexibility index (Phi) is 11.9. The summed E-state index contributed by atoms with van der Waals surface area (Å²) in [6.07, 6.45) is 7.05. The normalized spacial score (nSPS) is 22.7. The number of benzene rings is 2. The molecule has 2 aromatic heterocycles. The number of ether oxygens (including phenoxy) is 2. The molecule has 14 heteroatoms. The van der Waals surface area contributed by atoms with Crippen LogP contribution < -0.4 is 10.6 Å². The smallest absolute Gasteiger partial charge is 0.407 e. The zero-order valence-corrected chi connectivity index (χ0v) is 35.4. The van der Waals surface area contributed by atoms with Crippen molar-refractivity contribution in [3.8, 4) is 33.6 Å². The number of aromatic nitrogens is 4. The van der Waals surface area contributed by atoms with Crippen LogP contribution in [0.15, 0.2) is 60.9 Å². The summed E-state index contributed by atoms with van der Waals surface area (Å²) in [5.74, 6) is 1.20. The molecule has 1 aliphatic carbocycles. The van der Waals surface area contributed by atoms with Gasteiger partial charge in [0.15, 0.2) is 0 Å². The van der Waals surface area contributed by atoms with Crippen molar-refractivity contribution in [2.75, 3.05) is 20.8 Å². The highest BCUT2D eigenvalue weighted by Gasteiger charge is 2.57. The molecule has 4 N–H and O–H groups in total. The molecule has 3 fully saturated rings. The lowest BCUT2D eigenvalue weighted by atomic mass is 9.87. The van der Waals surface area contributed by atoms with Crippen LogP contribution in [0.1, 0.15) is 97.4 Å². The molecule has 2 aromatic carbocycles. The summed E-state index contributed by atoms with van der Waals surface area (Å²) in [7, 11) is 2.63. The van der Waals surface area contributed by atoms with E-state index in [-0.39, 0.29) is 47.3 Å². The van der Waals surface area contributed by atoms with Gasteiger partial charge in [-0.3, -0.25) is 9.59 Å². The molecule has 14 nitrogen and oxygen atoms in total. The second-order valence-corrected chi connectivity index (χ2v) is 17.4. The van der Waals surface area contributed by atoms with E-state index >= 15 is 0 Å². The Morgan fingerprint density at radius 1 is 0.746 bits per heavy atom. The highest BCUT2D eigenvalue weighted by molar-refractivity contribution is 5.86. The van der Waals surface area contributed by atoms with Gasteiger partial charge in [0.05, 0.1) is 56.0 Å². The van der Waals surface area contributed by atoms with Crippen LogP contribution in [-0.4, -0.2) is 92.1 Å². The van der Waals surface area contributed by atoms with Crippen molar-refractivity contribution in [1.82, 2.24) is 40.4 Å². The molecule has 59 heavy (non-hydrogen) atoms. The molecule has 0 radical (unpaired) electrons. The van der Waals surface area contributed by atoms with Crippen LogP contribution >= 0.6 is 0 Å². The molecule has 3 aliphatic rings. The van der Waals surface area contributed by atoms with Gasteiger partial charge in [-0.1, -0.05) is 83.1 Å². The minimum absolute atomic E-state index is 0.0228. The molecule has 0 spiro atoms. The summed E-state index contributed by atoms with van der Waals surface area (Å²) < 4.78 is 9.64. The Morgan fingerprint density at radius 3 is 1.85 bits per heavy atom. The number of imidazole rings is 2. The van der Waals surface area contributed by atoms with E-state index in [0.717, 1.165) is 77.4 Å². The monoisotopic (exact) mass is 806 g/mol. The number of hydrogen-bond donors (Lipinski definition) is 4. The molecule has 4 amide bonds. The molecule has 4 heterocycles. The second kappa shape index (κ2) is 16.9. The molecule has 4 aromatic rings. The summed E-state index contributed by atoms with van der Waals surface area (Å²) in [6.45, 7) is 12.5. The molecule has 314 valence electrons. The van der Waals surface area contributed by atoms with E-state index in [2.05, 4.69) is 85.9 Å². The molecular formula is C45H58N8O6. The van der Waals surface area contributed by atoms with Crippen LogP contribution in [-0.2, 0) is 19.1 Å². The number of aromatic amines is 2. The number of carbonyl (C=O) groups is 4. The predicted octanol–water partition coefficient (Wildman–Crippen LogP) is 7.64. The summed E-state index contributed by atoms with van der Waals surface area (Å²) in [5, 5.41) is 5.60. The Hall–Kier alpha value is -5.66. The first-order valence-electron chi connectivity index (χ1n) is 20.9. The second-order valence-electron chi connectivity index (χ2n) is 17.4. The molecular weight excluding hydrogens is 749 g/mol. The van der Waals surface area contributed by atoms with Gasteiger partial charge in [-0.15, -0.1) is 0 Å². The predicted molar refractivity (Wildman–Crippen MR) is 224 cm³/mol. The number of H-pyrrole nitrogens is 2. The van der Waals surface area contributed by atoms with Crippen molar-refractivity contribution in [2.45, 2.75) is 103 Å². The third kappa shape index (κ3) is 8.18. The van der Waals surface area contributed by atoms with E-state index in [1.165, 1.54) is 14.2 Å². The summed E-state index contributed by atoms with van der Waals surface area (Å²) in [6, 6.07) is 15.2. The maximum Gasteiger partial charge on any atom is 0.407 e. The summed E-state index contributed by atoms with van der Waals surface area (Å²) >= 11 is 0. The fourth-order valence-corrected chi connectivity index (χ4v) is 9.65. The van der Waals surface area contributed by atoms with Gasteiger partial charge in [0.2, 0.25) is 11.8 Å². The Labute approximate surface area is 346 Å². The number of hydrogen-bond acceptors (Lipinski definition) is 8. The number of fused-ring (bicyclic) bond motifs is 2. The maximum atomic E-state index is 14.3. The maximum absolute atomic E-state index is 14.3. The number of methoxy groups -OCH3 is 2. The van der Waals surface area contributed by atoms with Gasteiger partial charge < -0.3 is 39.9 Å². The van der Waals surface area contributed by atoms with Crippen LogP contribution in [0.2, 0.25) is 0 Å². The van der Waals surface area contributed by atoms with Crippen molar-refractivity contribution < 1.29 is 28.7 Å². The molecule has 2 bridgehead atoms. The van der Waals surface area contributed by atoms with Crippen molar-refractivity contribution in [1.29, 1.82) is 0 Å². The number of carbonyl (C=O) groups excluding carboxylic acids is 4. The number of nitrogens with one attached hydrogen (secondary N) is 4. The topological polar surface area (TPSA) is 175 Å². The molecule has 1 unspecified atom stereocenters. The van der Waals surface area contributed by atoms with E-state index in [1.54, 1.807) is 0 Å². The zero-order chi connectivity index (χ0) is 42.2. The lowest BCUT2D eigenvalue weighted by Crippen LogP contribution is -2.54. The number of rotatable bonds is 12. The van der Waals surface area contributed by atoms with E-state index in [0.29, 0.717) is 12.5 Å². The van der Waals surface area contributed by atoms with Gasteiger partial charge in [0, 0.05) is 18.1 Å². The van der Waals surface area contributed by atoms with Crippen LogP contribution in [0, 0.1) is 23.7 Å². The van der Waals surface area contributed by atoms with Crippen LogP contribution in [0.5, 0.6) is 0 Å². The number of likely N-dealkylation sites (tertiary alicyclic amines) is 2. The van der Waals surface area contributed by atoms with Gasteiger partial charge >= 0.3 is 12.2 Å². The van der Waals surface area contributed by atoms with Crippen molar-refractivity contribution in [2.24, 2.45) is 23.7 Å². The molecule has 2 aliphatic heterocycles. The van der Waals surface area contributed by atoms with E-state index in [9.17, 15) is 19.2 Å². The van der Waals surface area contributed by atoms with Gasteiger partial charge in [-0.2, -0.15) is 0 Å². The van der Waals surface area contributed by atoms with Crippen LogP contribution in [0.3, 0.4) is 0 Å². The van der Waals surface area contributed by atoms with Gasteiger partial charge in [-0.25, -0.2) is 19.6 Å². The number of alkyl carbamates (subject to hydrolysis) is 2. The number of piperidine rings is 1. The third-order valence-electron chi connectivity index (χ3n) is 12.9. The highest BCUT2D eigenvalue weighted by atomic mass is 16.5. The highest BCUT2D eigenvalue weighted by Crippen LogP contribution is 2.56. The van der Waals surface area contributed by atoms with E-state index in [1.807, 2.05) is 51.9 Å². The summed E-state index contributed by atoms with van der Waals surface area (Å²) in [4.78, 5) is 72.5. The van der Waals surface area contributed by atoms with Gasteiger partial charge in [0.1, 0.15) is 17.7 Å². The minimum Gasteiger partial charge on any atom is -0.453 e. The molecule has 2 saturated heterocycles. The van der Waals surface area contributed by atoms with Crippen LogP contribution in [0.25, 0.3) is 33.6 Å². The largest absolute Gasteiger partial charge is 0.453 e. The van der Waals surface area contributed by atoms with E-state index in [4.69, 9.17) is 14.5 Å². The first-order chi connectivity index (χ1) is 28.2. The lowest BCUT2D eigenvalue weighted by Gasteiger charge is -2.43. The standard InChI is InChI=1S/C45H58N8O6/c1-25(2)36(50-43(56)58-7)27(5)41(54)53-38(32-19-20-45(53,6)22-32)40-47-24-34(49-40)31-17-13-29(14-18-31)28-11-15-30(16-12-28)33-23-46-39(48-33)35-10-9-21-52(35)42(55)37(26(3)4)51-44(57)59-8/h11-18,23-27,32,35-38H,9-10,19-22H2,1-8H3,(H,46,48)(H,47,49)(H,50,56)(H,51,57)/t27?,32-,35-,36-,37-,38-,45+/m0/s1. The fraction of sp³-hybridized carbons (Fsp3) is 0.511. The average molecular weight is 807 g/mol. The van der Waals surface area contributed by atoms with Gasteiger partial charge in [-0.05, 0) is 79.0 Å². The first kappa shape index (κ1) is 41.5. The van der Waals surface area contributed by atoms with Crippen LogP contribution in [0.4, 0.5) is 9.59 Å². The first-order valence-corrected chi connectivity index (χ1v) is 20.9. The molecule has 7 rings (SSSR count). The Morgan fingerprint density at radius 2 is 1.29 bits per heavy atom. The third-order valence-corrected chi connectivity index (χ3v) is 12.9. The Balaban J connectivity index is 1.03. The van der Waals surface area contributed by atoms with Crippen molar-refractivity contribution in [3.05, 3.63) is 72.6 Å². The van der Waals surface area contributed by atoms with Crippen molar-refractivity contribution in [3.63, 3.8) is 0 Å². The van der Waals surface area contributed by atoms with E-state index < -0.39 is 24.1 Å². The quantitative estimate of drug-likeness (QED) is 0.113. The fourth-order valence-electron chi connectivity index (χ4n) is 9.65. The van der Waals surface area contributed by atoms with Crippen molar-refractivity contribution >= 4 is 24.0 Å². The molecule has 1 saturated carbocycles. The SMILES string of the molecule is COC(=O)N[C@@H](C(C)C)C(C)C(=O)N1[C@H](c2ncc(-c3ccc(-c4ccc(-c5cnc([C@@H]6CCCN6C(=O)[C@@H](NC(=O)OC)C(C)C)[nH]5)cc4)cc3)[nH]2)[C@H]2CC[C@]1(C)C2. The number of nitrogens with zero attached hydrogens (tertiary/aromatic N) is 4. The minimum atomic E-state index is -0.688. The lowest BCUT2D eigenvalue weighted by molar-refractivity contribution is -0.145. The number of amides is 4. The average Bonchev–Trinajstić information content (AvgIpc) is 4.09. The zero-order valence-electron chi connectivity index (χ0n) is 35.4. The summed E-state index contributed by atoms with van der Waals surface area (Å²) in [5.41, 5.74) is 5.59. The molecule has 7 atom stereocenters. The Bertz CT molecular complexity index is 2140.